The topological polar surface area (TPSA) is 42.4 Å². The Morgan fingerprint density at radius 1 is 1.69 bits per heavy atom. The van der Waals surface area contributed by atoms with Crippen molar-refractivity contribution in [3.63, 3.8) is 0 Å². The first-order chi connectivity index (χ1) is 6.18. The summed E-state index contributed by atoms with van der Waals surface area (Å²) in [6.45, 7) is 0.297. The lowest BCUT2D eigenvalue weighted by Gasteiger charge is -2.23. The van der Waals surface area contributed by atoms with E-state index >= 15 is 0 Å². The number of ether oxygens (including phenoxy) is 1. The number of amides is 1. The standard InChI is InChI=1S/C8H7BrN2O2/c1-11-7-5(4-13-8(11)12)2-6(9)3-10-7/h2-3H,4H2,1H3. The molecule has 1 aromatic rings. The van der Waals surface area contributed by atoms with E-state index in [0.717, 1.165) is 10.0 Å². The number of hydrogen-bond acceptors (Lipinski definition) is 3. The van der Waals surface area contributed by atoms with E-state index in [1.54, 1.807) is 13.2 Å². The Balaban J connectivity index is 2.49. The number of anilines is 1. The lowest BCUT2D eigenvalue weighted by molar-refractivity contribution is 0.143. The molecule has 0 bridgehead atoms. The molecule has 4 nitrogen and oxygen atoms in total. The van der Waals surface area contributed by atoms with Crippen molar-refractivity contribution < 1.29 is 9.53 Å². The minimum absolute atomic E-state index is 0.297. The number of aromatic nitrogens is 1. The van der Waals surface area contributed by atoms with Gasteiger partial charge in [0.15, 0.2) is 0 Å². The number of hydrogen-bond donors (Lipinski definition) is 0. The number of halogens is 1. The Hall–Kier alpha value is -1.10. The monoisotopic (exact) mass is 242 g/mol. The molecule has 0 N–H and O–H groups in total. The molecule has 1 aliphatic heterocycles. The second-order valence-electron chi connectivity index (χ2n) is 2.75. The lowest BCUT2D eigenvalue weighted by Crippen LogP contribution is -2.32. The van der Waals surface area contributed by atoms with Crippen LogP contribution in [0, 0.1) is 0 Å². The molecule has 0 saturated heterocycles. The zero-order valence-corrected chi connectivity index (χ0v) is 8.54. The Bertz CT molecular complexity index is 367. The normalized spacial score (nSPS) is 15.2. The lowest BCUT2D eigenvalue weighted by atomic mass is 10.2. The minimum Gasteiger partial charge on any atom is -0.444 e. The number of nitrogens with zero attached hydrogens (tertiary/aromatic N) is 2. The second-order valence-corrected chi connectivity index (χ2v) is 3.67. The highest BCUT2D eigenvalue weighted by Crippen LogP contribution is 2.25. The van der Waals surface area contributed by atoms with Gasteiger partial charge in [-0.15, -0.1) is 0 Å². The van der Waals surface area contributed by atoms with Crippen molar-refractivity contribution in [3.8, 4) is 0 Å². The molecule has 0 saturated carbocycles. The first-order valence-electron chi connectivity index (χ1n) is 3.73. The third-order valence-electron chi connectivity index (χ3n) is 1.85. The van der Waals surface area contributed by atoms with Gasteiger partial charge in [-0.1, -0.05) is 0 Å². The predicted octanol–water partition coefficient (Wildman–Crippen LogP) is 1.93. The molecule has 1 aliphatic rings. The van der Waals surface area contributed by atoms with Crippen LogP contribution in [-0.2, 0) is 11.3 Å². The van der Waals surface area contributed by atoms with Gasteiger partial charge in [-0.3, -0.25) is 4.90 Å². The molecule has 2 heterocycles. The number of cyclic esters (lactones) is 1. The molecule has 5 heteroatoms. The van der Waals surface area contributed by atoms with E-state index in [4.69, 9.17) is 4.74 Å². The molecule has 0 aliphatic carbocycles. The van der Waals surface area contributed by atoms with Crippen LogP contribution >= 0.6 is 15.9 Å². The third kappa shape index (κ3) is 1.39. The van der Waals surface area contributed by atoms with Gasteiger partial charge in [0.1, 0.15) is 12.4 Å². The third-order valence-corrected chi connectivity index (χ3v) is 2.29. The number of carbonyl (C=O) groups excluding carboxylic acids is 1. The van der Waals surface area contributed by atoms with E-state index in [9.17, 15) is 4.79 Å². The summed E-state index contributed by atoms with van der Waals surface area (Å²) in [7, 11) is 1.64. The fourth-order valence-electron chi connectivity index (χ4n) is 1.20. The molecular weight excluding hydrogens is 236 g/mol. The van der Waals surface area contributed by atoms with E-state index < -0.39 is 0 Å². The minimum atomic E-state index is -0.359. The molecule has 0 spiro atoms. The predicted molar refractivity (Wildman–Crippen MR) is 50.5 cm³/mol. The molecule has 0 aromatic carbocycles. The van der Waals surface area contributed by atoms with Crippen LogP contribution < -0.4 is 4.90 Å². The second kappa shape index (κ2) is 2.99. The smallest absolute Gasteiger partial charge is 0.415 e. The SMILES string of the molecule is CN1C(=O)OCc2cc(Br)cnc21. The Morgan fingerprint density at radius 2 is 2.46 bits per heavy atom. The van der Waals surface area contributed by atoms with Crippen molar-refractivity contribution in [3.05, 3.63) is 22.3 Å². The maximum absolute atomic E-state index is 11.1. The van der Waals surface area contributed by atoms with Crippen LogP contribution in [0.2, 0.25) is 0 Å². The van der Waals surface area contributed by atoms with E-state index in [2.05, 4.69) is 20.9 Å². The quantitative estimate of drug-likeness (QED) is 0.699. The van der Waals surface area contributed by atoms with Gasteiger partial charge in [0.2, 0.25) is 0 Å². The molecule has 13 heavy (non-hydrogen) atoms. The van der Waals surface area contributed by atoms with Crippen LogP contribution in [0.4, 0.5) is 10.6 Å². The van der Waals surface area contributed by atoms with Gasteiger partial charge in [-0.05, 0) is 22.0 Å². The van der Waals surface area contributed by atoms with E-state index in [0.29, 0.717) is 12.4 Å². The molecule has 0 atom stereocenters. The molecule has 0 unspecified atom stereocenters. The summed E-state index contributed by atoms with van der Waals surface area (Å²) in [4.78, 5) is 16.6. The van der Waals surface area contributed by atoms with Gasteiger partial charge in [-0.2, -0.15) is 0 Å². The fraction of sp³-hybridized carbons (Fsp3) is 0.250. The summed E-state index contributed by atoms with van der Waals surface area (Å²) in [6.07, 6.45) is 1.30. The summed E-state index contributed by atoms with van der Waals surface area (Å²) in [5.41, 5.74) is 0.913. The number of carbonyl (C=O) groups is 1. The summed E-state index contributed by atoms with van der Waals surface area (Å²) in [5, 5.41) is 0. The van der Waals surface area contributed by atoms with Crippen LogP contribution in [0.1, 0.15) is 5.56 Å². The molecule has 1 aromatic heterocycles. The van der Waals surface area contributed by atoms with Crippen molar-refractivity contribution in [1.29, 1.82) is 0 Å². The molecule has 1 amide bonds. The molecule has 2 rings (SSSR count). The van der Waals surface area contributed by atoms with Crippen LogP contribution in [0.3, 0.4) is 0 Å². The summed E-state index contributed by atoms with van der Waals surface area (Å²) >= 11 is 3.30. The number of rotatable bonds is 0. The molecular formula is C8H7BrN2O2. The molecule has 68 valence electrons. The zero-order valence-electron chi connectivity index (χ0n) is 6.95. The Kier molecular flexibility index (Phi) is 1.95. The van der Waals surface area contributed by atoms with Gasteiger partial charge in [0.25, 0.3) is 0 Å². The van der Waals surface area contributed by atoms with E-state index in [-0.39, 0.29) is 6.09 Å². The van der Waals surface area contributed by atoms with Gasteiger partial charge in [0.05, 0.1) is 0 Å². The first-order valence-corrected chi connectivity index (χ1v) is 4.52. The van der Waals surface area contributed by atoms with Gasteiger partial charge >= 0.3 is 6.09 Å². The molecule has 0 radical (unpaired) electrons. The largest absolute Gasteiger partial charge is 0.444 e. The average Bonchev–Trinajstić information content (AvgIpc) is 2.12. The summed E-state index contributed by atoms with van der Waals surface area (Å²) in [5.74, 6) is 0.666. The van der Waals surface area contributed by atoms with Crippen LogP contribution in [0.5, 0.6) is 0 Å². The van der Waals surface area contributed by atoms with Gasteiger partial charge in [-0.25, -0.2) is 9.78 Å². The number of pyridine rings is 1. The number of fused-ring (bicyclic) bond motifs is 1. The van der Waals surface area contributed by atoms with Crippen molar-refractivity contribution in [2.45, 2.75) is 6.61 Å². The highest BCUT2D eigenvalue weighted by atomic mass is 79.9. The first kappa shape index (κ1) is 8.50. The van der Waals surface area contributed by atoms with Crippen molar-refractivity contribution in [1.82, 2.24) is 4.98 Å². The van der Waals surface area contributed by atoms with Crippen LogP contribution in [-0.4, -0.2) is 18.1 Å². The van der Waals surface area contributed by atoms with Gasteiger partial charge < -0.3 is 4.74 Å². The average molecular weight is 243 g/mol. The Morgan fingerprint density at radius 3 is 3.23 bits per heavy atom. The fourth-order valence-corrected chi connectivity index (χ4v) is 1.58. The summed E-state index contributed by atoms with van der Waals surface area (Å²) in [6, 6.07) is 1.89. The molecule has 0 fully saturated rings. The zero-order chi connectivity index (χ0) is 9.42. The van der Waals surface area contributed by atoms with E-state index in [1.807, 2.05) is 6.07 Å². The Labute approximate surface area is 83.6 Å². The highest BCUT2D eigenvalue weighted by molar-refractivity contribution is 9.10. The van der Waals surface area contributed by atoms with Crippen molar-refractivity contribution in [2.75, 3.05) is 11.9 Å². The van der Waals surface area contributed by atoms with Crippen LogP contribution in [0.25, 0.3) is 0 Å². The maximum Gasteiger partial charge on any atom is 0.415 e. The van der Waals surface area contributed by atoms with Crippen LogP contribution in [0.15, 0.2) is 16.7 Å². The highest BCUT2D eigenvalue weighted by Gasteiger charge is 2.23. The van der Waals surface area contributed by atoms with Gasteiger partial charge in [0, 0.05) is 23.3 Å². The summed E-state index contributed by atoms with van der Waals surface area (Å²) < 4.78 is 5.78. The van der Waals surface area contributed by atoms with Crippen molar-refractivity contribution >= 4 is 27.8 Å². The van der Waals surface area contributed by atoms with E-state index in [1.165, 1.54) is 4.90 Å². The van der Waals surface area contributed by atoms with Crippen molar-refractivity contribution in [2.24, 2.45) is 0 Å². The maximum atomic E-state index is 11.1.